The predicted octanol–water partition coefficient (Wildman–Crippen LogP) is 5.15. The van der Waals surface area contributed by atoms with Crippen LogP contribution in [0.15, 0.2) is 59.1 Å². The second-order valence-corrected chi connectivity index (χ2v) is 9.42. The van der Waals surface area contributed by atoms with Crippen LogP contribution in [0.25, 0.3) is 0 Å². The van der Waals surface area contributed by atoms with Gasteiger partial charge in [-0.3, -0.25) is 9.78 Å². The molecule has 0 radical (unpaired) electrons. The van der Waals surface area contributed by atoms with Crippen LogP contribution in [0.5, 0.6) is 5.75 Å². The van der Waals surface area contributed by atoms with E-state index < -0.39 is 5.41 Å². The van der Waals surface area contributed by atoms with Crippen LogP contribution >= 0.6 is 12.2 Å². The molecule has 33 heavy (non-hydrogen) atoms. The average molecular weight is 465 g/mol. The van der Waals surface area contributed by atoms with E-state index in [1.54, 1.807) is 13.3 Å². The van der Waals surface area contributed by atoms with E-state index in [-0.39, 0.29) is 18.0 Å². The monoisotopic (exact) mass is 464 g/mol. The number of rotatable bonds is 5. The fourth-order valence-corrected chi connectivity index (χ4v) is 4.12. The van der Waals surface area contributed by atoms with E-state index in [9.17, 15) is 4.79 Å². The zero-order valence-electron chi connectivity index (χ0n) is 19.4. The minimum Gasteiger partial charge on any atom is -0.494 e. The minimum absolute atomic E-state index is 0.0916. The first-order chi connectivity index (χ1) is 15.7. The molecular weight excluding hydrogens is 436 g/mol. The van der Waals surface area contributed by atoms with Crippen LogP contribution in [-0.2, 0) is 4.79 Å². The lowest BCUT2D eigenvalue weighted by Crippen LogP contribution is -2.30. The number of aromatic nitrogens is 1. The van der Waals surface area contributed by atoms with Crippen molar-refractivity contribution < 1.29 is 13.9 Å². The Hall–Kier alpha value is -3.39. The van der Waals surface area contributed by atoms with Gasteiger partial charge in [-0.2, -0.15) is 0 Å². The molecule has 1 amide bonds. The van der Waals surface area contributed by atoms with Crippen LogP contribution in [0.4, 0.5) is 11.4 Å². The molecule has 1 aliphatic rings. The Morgan fingerprint density at radius 3 is 2.61 bits per heavy atom. The molecule has 0 bridgehead atoms. The molecule has 1 fully saturated rings. The van der Waals surface area contributed by atoms with E-state index >= 15 is 0 Å². The van der Waals surface area contributed by atoms with Crippen molar-refractivity contribution in [3.63, 3.8) is 0 Å². The lowest BCUT2D eigenvalue weighted by molar-refractivity contribution is -0.123. The lowest BCUT2D eigenvalue weighted by Gasteiger charge is -2.27. The Labute approximate surface area is 199 Å². The van der Waals surface area contributed by atoms with Crippen LogP contribution in [0.3, 0.4) is 0 Å². The molecule has 0 spiro atoms. The summed E-state index contributed by atoms with van der Waals surface area (Å²) in [6.07, 6.45) is 1.77. The normalized spacial score (nSPS) is 18.2. The van der Waals surface area contributed by atoms with Gasteiger partial charge in [-0.05, 0) is 55.5 Å². The molecule has 7 nitrogen and oxygen atoms in total. The van der Waals surface area contributed by atoms with Crippen molar-refractivity contribution in [3.8, 4) is 5.75 Å². The number of carbonyl (C=O) groups excluding carboxylic acids is 1. The second-order valence-electron chi connectivity index (χ2n) is 9.03. The smallest absolute Gasteiger partial charge is 0.229 e. The summed E-state index contributed by atoms with van der Waals surface area (Å²) >= 11 is 5.75. The molecule has 172 valence electrons. The van der Waals surface area contributed by atoms with E-state index in [0.717, 1.165) is 22.9 Å². The maximum absolute atomic E-state index is 12.5. The topological polar surface area (TPSA) is 79.6 Å². The highest BCUT2D eigenvalue weighted by Gasteiger charge is 2.42. The SMILES string of the molecule is COc1cc(N2C(=S)N[C@H](c3ccccn3)[C@@H]2c2ccc(C)o2)ccc1NC(=O)C(C)(C)C. The largest absolute Gasteiger partial charge is 0.494 e. The summed E-state index contributed by atoms with van der Waals surface area (Å²) in [5.74, 6) is 2.05. The molecule has 0 saturated carbocycles. The summed E-state index contributed by atoms with van der Waals surface area (Å²) in [6, 6.07) is 14.9. The van der Waals surface area contributed by atoms with Crippen LogP contribution < -0.4 is 20.3 Å². The number of benzene rings is 1. The lowest BCUT2D eigenvalue weighted by atomic mass is 9.95. The number of furan rings is 1. The predicted molar refractivity (Wildman–Crippen MR) is 132 cm³/mol. The number of thiocarbonyl (C=S) groups is 1. The van der Waals surface area contributed by atoms with Gasteiger partial charge in [-0.1, -0.05) is 26.8 Å². The third kappa shape index (κ3) is 4.57. The number of hydrogen-bond acceptors (Lipinski definition) is 5. The van der Waals surface area contributed by atoms with Crippen LogP contribution in [0.2, 0.25) is 0 Å². The summed E-state index contributed by atoms with van der Waals surface area (Å²) in [6.45, 7) is 7.52. The van der Waals surface area contributed by atoms with E-state index in [2.05, 4.69) is 15.6 Å². The highest BCUT2D eigenvalue weighted by Crippen LogP contribution is 2.43. The summed E-state index contributed by atoms with van der Waals surface area (Å²) in [7, 11) is 1.58. The molecule has 1 saturated heterocycles. The number of hydrogen-bond donors (Lipinski definition) is 2. The van der Waals surface area contributed by atoms with E-state index in [0.29, 0.717) is 16.5 Å². The Morgan fingerprint density at radius 1 is 1.21 bits per heavy atom. The number of amides is 1. The fourth-order valence-electron chi connectivity index (χ4n) is 3.78. The van der Waals surface area contributed by atoms with Crippen molar-refractivity contribution in [1.29, 1.82) is 0 Å². The van der Waals surface area contributed by atoms with Gasteiger partial charge in [0, 0.05) is 23.4 Å². The summed E-state index contributed by atoms with van der Waals surface area (Å²) < 4.78 is 11.6. The van der Waals surface area contributed by atoms with Gasteiger partial charge in [0.15, 0.2) is 5.11 Å². The zero-order valence-corrected chi connectivity index (χ0v) is 20.2. The number of anilines is 2. The van der Waals surface area contributed by atoms with Crippen molar-refractivity contribution in [2.75, 3.05) is 17.3 Å². The summed E-state index contributed by atoms with van der Waals surface area (Å²) in [5, 5.41) is 6.91. The third-order valence-electron chi connectivity index (χ3n) is 5.54. The molecule has 8 heteroatoms. The fraction of sp³-hybridized carbons (Fsp3) is 0.320. The quantitative estimate of drug-likeness (QED) is 0.505. The average Bonchev–Trinajstić information content (AvgIpc) is 3.36. The van der Waals surface area contributed by atoms with Crippen LogP contribution in [0.1, 0.15) is 50.1 Å². The van der Waals surface area contributed by atoms with E-state index in [1.165, 1.54) is 0 Å². The van der Waals surface area contributed by atoms with Crippen LogP contribution in [0, 0.1) is 12.3 Å². The first-order valence-electron chi connectivity index (χ1n) is 10.8. The number of aryl methyl sites for hydroxylation is 1. The summed E-state index contributed by atoms with van der Waals surface area (Å²) in [4.78, 5) is 19.1. The number of nitrogens with zero attached hydrogens (tertiary/aromatic N) is 2. The van der Waals surface area contributed by atoms with Crippen molar-refractivity contribution in [2.45, 2.75) is 39.8 Å². The van der Waals surface area contributed by atoms with Crippen molar-refractivity contribution in [1.82, 2.24) is 10.3 Å². The molecule has 1 aliphatic heterocycles. The highest BCUT2D eigenvalue weighted by atomic mass is 32.1. The van der Waals surface area contributed by atoms with Crippen molar-refractivity contribution in [2.24, 2.45) is 5.41 Å². The Balaban J connectivity index is 1.74. The van der Waals surface area contributed by atoms with Gasteiger partial charge < -0.3 is 24.7 Å². The number of nitrogens with one attached hydrogen (secondary N) is 2. The Kier molecular flexibility index (Phi) is 6.12. The van der Waals surface area contributed by atoms with Gasteiger partial charge in [-0.15, -0.1) is 0 Å². The molecule has 2 aromatic heterocycles. The van der Waals surface area contributed by atoms with Gasteiger partial charge >= 0.3 is 0 Å². The second kappa shape index (κ2) is 8.86. The first kappa shape index (κ1) is 22.8. The molecule has 4 rings (SSSR count). The van der Waals surface area contributed by atoms with Gasteiger partial charge in [0.25, 0.3) is 0 Å². The molecule has 3 heterocycles. The van der Waals surface area contributed by atoms with Gasteiger partial charge in [0.2, 0.25) is 5.91 Å². The molecule has 3 aromatic rings. The van der Waals surface area contributed by atoms with Gasteiger partial charge in [-0.25, -0.2) is 0 Å². The van der Waals surface area contributed by atoms with E-state index in [1.807, 2.05) is 81.1 Å². The van der Waals surface area contributed by atoms with Crippen LogP contribution in [-0.4, -0.2) is 23.1 Å². The standard InChI is InChI=1S/C25H28N4O3S/c1-15-9-12-19(32-15)22-21(18-8-6-7-13-26-18)28-24(33)29(22)16-10-11-17(20(14-16)31-5)27-23(30)25(2,3)4/h6-14,21-22H,1-5H3,(H,27,30)(H,28,33)/t21-,22+/m1/s1. The minimum atomic E-state index is -0.526. The maximum Gasteiger partial charge on any atom is 0.229 e. The Morgan fingerprint density at radius 2 is 2.00 bits per heavy atom. The molecule has 0 unspecified atom stereocenters. The van der Waals surface area contributed by atoms with Gasteiger partial charge in [0.1, 0.15) is 23.3 Å². The number of pyridine rings is 1. The number of ether oxygens (including phenoxy) is 1. The van der Waals surface area contributed by atoms with Gasteiger partial charge in [0.05, 0.1) is 24.5 Å². The summed E-state index contributed by atoms with van der Waals surface area (Å²) in [5.41, 5.74) is 1.76. The molecule has 0 aliphatic carbocycles. The molecular formula is C25H28N4O3S. The van der Waals surface area contributed by atoms with Crippen molar-refractivity contribution >= 4 is 34.6 Å². The Bertz CT molecular complexity index is 1170. The molecule has 2 N–H and O–H groups in total. The molecule has 1 aromatic carbocycles. The maximum atomic E-state index is 12.5. The zero-order chi connectivity index (χ0) is 23.8. The highest BCUT2D eigenvalue weighted by molar-refractivity contribution is 7.80. The van der Waals surface area contributed by atoms with Crippen molar-refractivity contribution in [3.05, 3.63) is 71.9 Å². The first-order valence-corrected chi connectivity index (χ1v) is 11.2. The number of carbonyl (C=O) groups is 1. The third-order valence-corrected chi connectivity index (χ3v) is 5.86. The molecule has 2 atom stereocenters. The van der Waals surface area contributed by atoms with E-state index in [4.69, 9.17) is 21.4 Å². The number of methoxy groups -OCH3 is 1.